The molecule has 0 fully saturated rings. The third kappa shape index (κ3) is 2.88. The van der Waals surface area contributed by atoms with Gasteiger partial charge in [-0.2, -0.15) is 5.26 Å². The first kappa shape index (κ1) is 14.0. The predicted molar refractivity (Wildman–Crippen MR) is 86.6 cm³/mol. The zero-order valence-corrected chi connectivity index (χ0v) is 13.3. The van der Waals surface area contributed by atoms with E-state index in [9.17, 15) is 5.26 Å². The van der Waals surface area contributed by atoms with Gasteiger partial charge in [0.15, 0.2) is 0 Å². The van der Waals surface area contributed by atoms with E-state index < -0.39 is 0 Å². The molecule has 3 nitrogen and oxygen atoms in total. The molecule has 1 heterocycles. The molecule has 21 heavy (non-hydrogen) atoms. The summed E-state index contributed by atoms with van der Waals surface area (Å²) < 4.78 is 6.79. The molecule has 1 aliphatic heterocycles. The van der Waals surface area contributed by atoms with Gasteiger partial charge in [-0.05, 0) is 42.3 Å². The van der Waals surface area contributed by atoms with Gasteiger partial charge in [0.1, 0.15) is 11.8 Å². The standard InChI is InChI=1S/C17H15BrN2O/c1-11-2-3-16(13(6-11)9-19)20-10-14-8-15(18)7-12-4-5-21-17(12)14/h2-3,6-8,20H,4-5,10H2,1H3. The number of hydrogen-bond donors (Lipinski definition) is 1. The summed E-state index contributed by atoms with van der Waals surface area (Å²) in [5, 5.41) is 12.6. The molecule has 1 aliphatic rings. The van der Waals surface area contributed by atoms with E-state index in [-0.39, 0.29) is 0 Å². The lowest BCUT2D eigenvalue weighted by Gasteiger charge is -2.12. The van der Waals surface area contributed by atoms with Crippen molar-refractivity contribution in [3.63, 3.8) is 0 Å². The highest BCUT2D eigenvalue weighted by molar-refractivity contribution is 9.10. The fraction of sp³-hybridized carbons (Fsp3) is 0.235. The second kappa shape index (κ2) is 5.79. The Morgan fingerprint density at radius 1 is 1.33 bits per heavy atom. The van der Waals surface area contributed by atoms with E-state index >= 15 is 0 Å². The molecule has 0 aliphatic carbocycles. The van der Waals surface area contributed by atoms with Gasteiger partial charge in [0.05, 0.1) is 17.9 Å². The van der Waals surface area contributed by atoms with E-state index in [1.807, 2.05) is 25.1 Å². The minimum atomic E-state index is 0.638. The minimum Gasteiger partial charge on any atom is -0.493 e. The van der Waals surface area contributed by atoms with E-state index in [0.29, 0.717) is 12.1 Å². The van der Waals surface area contributed by atoms with E-state index in [1.54, 1.807) is 0 Å². The highest BCUT2D eigenvalue weighted by Crippen LogP contribution is 2.33. The first-order valence-electron chi connectivity index (χ1n) is 6.86. The smallest absolute Gasteiger partial charge is 0.127 e. The molecule has 0 amide bonds. The van der Waals surface area contributed by atoms with E-state index in [4.69, 9.17) is 4.74 Å². The molecule has 2 aromatic carbocycles. The fourth-order valence-corrected chi connectivity index (χ4v) is 3.13. The number of nitriles is 1. The molecular weight excluding hydrogens is 328 g/mol. The van der Waals surface area contributed by atoms with Crippen molar-refractivity contribution in [2.24, 2.45) is 0 Å². The van der Waals surface area contributed by atoms with Crippen LogP contribution < -0.4 is 10.1 Å². The largest absolute Gasteiger partial charge is 0.493 e. The van der Waals surface area contributed by atoms with Gasteiger partial charge >= 0.3 is 0 Å². The summed E-state index contributed by atoms with van der Waals surface area (Å²) in [6.07, 6.45) is 0.954. The molecule has 0 spiro atoms. The van der Waals surface area contributed by atoms with Gasteiger partial charge in [0.25, 0.3) is 0 Å². The van der Waals surface area contributed by atoms with Gasteiger partial charge in [-0.25, -0.2) is 0 Å². The van der Waals surface area contributed by atoms with E-state index in [0.717, 1.165) is 40.1 Å². The zero-order chi connectivity index (χ0) is 14.8. The SMILES string of the molecule is Cc1ccc(NCc2cc(Br)cc3c2OCC3)c(C#N)c1. The Kier molecular flexibility index (Phi) is 3.85. The van der Waals surface area contributed by atoms with Crippen molar-refractivity contribution in [1.29, 1.82) is 5.26 Å². The third-order valence-electron chi connectivity index (χ3n) is 3.59. The molecule has 0 bridgehead atoms. The van der Waals surface area contributed by atoms with Crippen LogP contribution in [0, 0.1) is 18.3 Å². The van der Waals surface area contributed by atoms with Crippen LogP contribution >= 0.6 is 15.9 Å². The lowest BCUT2D eigenvalue weighted by Crippen LogP contribution is -2.03. The lowest BCUT2D eigenvalue weighted by atomic mass is 10.1. The molecular formula is C17H15BrN2O. The van der Waals surface area contributed by atoms with Crippen molar-refractivity contribution in [1.82, 2.24) is 0 Å². The van der Waals surface area contributed by atoms with Crippen molar-refractivity contribution >= 4 is 21.6 Å². The number of hydrogen-bond acceptors (Lipinski definition) is 3. The van der Waals surface area contributed by atoms with Gasteiger partial charge in [0, 0.05) is 23.0 Å². The number of aryl methyl sites for hydroxylation is 1. The van der Waals surface area contributed by atoms with Crippen molar-refractivity contribution < 1.29 is 4.74 Å². The summed E-state index contributed by atoms with van der Waals surface area (Å²) in [5.41, 5.74) is 4.97. The summed E-state index contributed by atoms with van der Waals surface area (Å²) >= 11 is 3.54. The van der Waals surface area contributed by atoms with Crippen LogP contribution in [-0.2, 0) is 13.0 Å². The maximum atomic E-state index is 9.22. The van der Waals surface area contributed by atoms with Crippen LogP contribution in [0.3, 0.4) is 0 Å². The fourth-order valence-electron chi connectivity index (χ4n) is 2.57. The number of fused-ring (bicyclic) bond motifs is 1. The molecule has 0 unspecified atom stereocenters. The Morgan fingerprint density at radius 2 is 2.19 bits per heavy atom. The Labute approximate surface area is 132 Å². The van der Waals surface area contributed by atoms with Crippen LogP contribution in [0.4, 0.5) is 5.69 Å². The second-order valence-corrected chi connectivity index (χ2v) is 6.08. The summed E-state index contributed by atoms with van der Waals surface area (Å²) in [7, 11) is 0. The average Bonchev–Trinajstić information content (AvgIpc) is 2.93. The Morgan fingerprint density at radius 3 is 3.00 bits per heavy atom. The van der Waals surface area contributed by atoms with Gasteiger partial charge in [0.2, 0.25) is 0 Å². The van der Waals surface area contributed by atoms with Gasteiger partial charge in [-0.15, -0.1) is 0 Å². The maximum absolute atomic E-state index is 9.22. The number of rotatable bonds is 3. The summed E-state index contributed by atoms with van der Waals surface area (Å²) in [6.45, 7) is 3.37. The Bertz CT molecular complexity index is 734. The number of ether oxygens (including phenoxy) is 1. The molecule has 1 N–H and O–H groups in total. The summed E-state index contributed by atoms with van der Waals surface area (Å²) in [5.74, 6) is 0.983. The average molecular weight is 343 g/mol. The molecule has 2 aromatic rings. The van der Waals surface area contributed by atoms with Crippen LogP contribution in [-0.4, -0.2) is 6.61 Å². The number of nitrogens with one attached hydrogen (secondary N) is 1. The molecule has 106 valence electrons. The van der Waals surface area contributed by atoms with Crippen molar-refractivity contribution in [2.45, 2.75) is 19.9 Å². The maximum Gasteiger partial charge on any atom is 0.127 e. The third-order valence-corrected chi connectivity index (χ3v) is 4.05. The number of halogens is 1. The second-order valence-electron chi connectivity index (χ2n) is 5.17. The monoisotopic (exact) mass is 342 g/mol. The quantitative estimate of drug-likeness (QED) is 0.910. The van der Waals surface area contributed by atoms with Crippen molar-refractivity contribution in [3.8, 4) is 11.8 Å². The summed E-state index contributed by atoms with van der Waals surface area (Å²) in [4.78, 5) is 0. The van der Waals surface area contributed by atoms with Crippen LogP contribution in [0.1, 0.15) is 22.3 Å². The zero-order valence-electron chi connectivity index (χ0n) is 11.7. The minimum absolute atomic E-state index is 0.638. The highest BCUT2D eigenvalue weighted by atomic mass is 79.9. The molecule has 0 saturated carbocycles. The number of benzene rings is 2. The van der Waals surface area contributed by atoms with E-state index in [1.165, 1.54) is 5.56 Å². The molecule has 3 rings (SSSR count). The number of anilines is 1. The first-order valence-corrected chi connectivity index (χ1v) is 7.65. The van der Waals surface area contributed by atoms with Gasteiger partial charge in [-0.3, -0.25) is 0 Å². The van der Waals surface area contributed by atoms with Crippen molar-refractivity contribution in [3.05, 3.63) is 57.1 Å². The number of nitrogens with zero attached hydrogens (tertiary/aromatic N) is 1. The molecule has 0 radical (unpaired) electrons. The Hall–Kier alpha value is -1.99. The van der Waals surface area contributed by atoms with Gasteiger partial charge < -0.3 is 10.1 Å². The van der Waals surface area contributed by atoms with E-state index in [2.05, 4.69) is 39.4 Å². The molecule has 0 atom stereocenters. The first-order chi connectivity index (χ1) is 10.2. The van der Waals surface area contributed by atoms with Crippen LogP contribution in [0.25, 0.3) is 0 Å². The topological polar surface area (TPSA) is 45.0 Å². The highest BCUT2D eigenvalue weighted by Gasteiger charge is 2.17. The normalized spacial score (nSPS) is 12.4. The van der Waals surface area contributed by atoms with Crippen molar-refractivity contribution in [2.75, 3.05) is 11.9 Å². The lowest BCUT2D eigenvalue weighted by molar-refractivity contribution is 0.354. The Balaban J connectivity index is 1.85. The van der Waals surface area contributed by atoms with Crippen LogP contribution in [0.5, 0.6) is 5.75 Å². The van der Waals surface area contributed by atoms with Crippen LogP contribution in [0.2, 0.25) is 0 Å². The molecule has 4 heteroatoms. The van der Waals surface area contributed by atoms with Gasteiger partial charge in [-0.1, -0.05) is 22.0 Å². The van der Waals surface area contributed by atoms with Crippen LogP contribution in [0.15, 0.2) is 34.8 Å². The summed E-state index contributed by atoms with van der Waals surface area (Å²) in [6, 6.07) is 12.3. The molecule has 0 aromatic heterocycles. The predicted octanol–water partition coefficient (Wildman–Crippen LogP) is 4.18. The molecule has 0 saturated heterocycles.